The van der Waals surface area contributed by atoms with Crippen molar-refractivity contribution in [1.82, 2.24) is 20.5 Å². The van der Waals surface area contributed by atoms with Crippen LogP contribution in [0.3, 0.4) is 0 Å². The maximum atomic E-state index is 12.2. The van der Waals surface area contributed by atoms with Crippen LogP contribution in [0, 0.1) is 0 Å². The first-order chi connectivity index (χ1) is 12.0. The smallest absolute Gasteiger partial charge is 0.291 e. The number of carbonyl (C=O) groups excluding carboxylic acids is 1. The first kappa shape index (κ1) is 19.8. The summed E-state index contributed by atoms with van der Waals surface area (Å²) in [7, 11) is 0. The molecule has 0 radical (unpaired) electrons. The third kappa shape index (κ3) is 4.53. The number of aromatic nitrogens is 3. The van der Waals surface area contributed by atoms with Crippen LogP contribution < -0.4 is 11.1 Å². The molecule has 1 unspecified atom stereocenters. The molecule has 1 heterocycles. The van der Waals surface area contributed by atoms with Crippen LogP contribution in [-0.2, 0) is 0 Å². The topological polar surface area (TPSA) is 93.8 Å². The number of nitrogens with two attached hydrogens (primary N) is 1. The van der Waals surface area contributed by atoms with Crippen molar-refractivity contribution in [2.24, 2.45) is 5.73 Å². The minimum Gasteiger partial charge on any atom is -0.347 e. The molecule has 7 heteroatoms. The van der Waals surface area contributed by atoms with E-state index in [9.17, 15) is 4.79 Å². The predicted octanol–water partition coefficient (Wildman–Crippen LogP) is 3.00. The molecule has 1 atom stereocenters. The van der Waals surface area contributed by atoms with Crippen molar-refractivity contribution in [3.8, 4) is 0 Å². The summed E-state index contributed by atoms with van der Waals surface area (Å²) < 4.78 is 0. The minimum atomic E-state index is -0.382. The van der Waals surface area contributed by atoms with E-state index < -0.39 is 0 Å². The molecule has 3 rings (SSSR count). The van der Waals surface area contributed by atoms with E-state index in [0.717, 1.165) is 5.56 Å². The van der Waals surface area contributed by atoms with Gasteiger partial charge in [-0.15, -0.1) is 22.6 Å². The zero-order chi connectivity index (χ0) is 17.8. The van der Waals surface area contributed by atoms with Crippen LogP contribution in [0.25, 0.3) is 11.0 Å². The molecule has 6 nitrogen and oxygen atoms in total. The third-order valence-electron chi connectivity index (χ3n) is 4.08. The van der Waals surface area contributed by atoms with E-state index in [0.29, 0.717) is 23.5 Å². The van der Waals surface area contributed by atoms with Crippen molar-refractivity contribution in [2.45, 2.75) is 25.8 Å². The molecule has 0 spiro atoms. The van der Waals surface area contributed by atoms with Gasteiger partial charge in [-0.05, 0) is 29.2 Å². The number of benzene rings is 2. The molecule has 0 fully saturated rings. The van der Waals surface area contributed by atoms with Crippen LogP contribution in [0.2, 0.25) is 0 Å². The molecule has 1 amide bonds. The Labute approximate surface area is 158 Å². The van der Waals surface area contributed by atoms with Gasteiger partial charge in [-0.2, -0.15) is 0 Å². The highest BCUT2D eigenvalue weighted by molar-refractivity contribution is 5.91. The zero-order valence-corrected chi connectivity index (χ0v) is 15.5. The van der Waals surface area contributed by atoms with Gasteiger partial charge < -0.3 is 11.1 Å². The van der Waals surface area contributed by atoms with Gasteiger partial charge in [-0.3, -0.25) is 4.79 Å². The van der Waals surface area contributed by atoms with Gasteiger partial charge in [0, 0.05) is 12.6 Å². The van der Waals surface area contributed by atoms with Gasteiger partial charge in [-0.25, -0.2) is 4.98 Å². The summed E-state index contributed by atoms with van der Waals surface area (Å²) in [5.41, 5.74) is 9.69. The lowest BCUT2D eigenvalue weighted by Gasteiger charge is -2.14. The summed E-state index contributed by atoms with van der Waals surface area (Å²) in [6.07, 6.45) is 0. The number of fused-ring (bicyclic) bond motifs is 1. The fourth-order valence-electron chi connectivity index (χ4n) is 2.50. The average Bonchev–Trinajstić information content (AvgIpc) is 2.65. The number of nitrogens with one attached hydrogen (secondary N) is 1. The van der Waals surface area contributed by atoms with Crippen molar-refractivity contribution in [3.63, 3.8) is 0 Å². The van der Waals surface area contributed by atoms with Crippen LogP contribution in [0.15, 0.2) is 48.5 Å². The van der Waals surface area contributed by atoms with Crippen LogP contribution in [-0.4, -0.2) is 27.6 Å². The molecule has 0 aliphatic rings. The lowest BCUT2D eigenvalue weighted by molar-refractivity contribution is 0.0940. The molecule has 136 valence electrons. The number of hydrogen-bond acceptors (Lipinski definition) is 5. The number of hydrogen-bond donors (Lipinski definition) is 2. The fraction of sp³-hybridized carbons (Fsp3) is 0.263. The quantitative estimate of drug-likeness (QED) is 0.719. The number of rotatable bonds is 5. The molecular formula is C19H22ClN5O. The largest absolute Gasteiger partial charge is 0.347 e. The number of nitrogens with zero attached hydrogens (tertiary/aromatic N) is 3. The zero-order valence-electron chi connectivity index (χ0n) is 14.7. The first-order valence-electron chi connectivity index (χ1n) is 8.27. The Morgan fingerprint density at radius 2 is 1.62 bits per heavy atom. The average molecular weight is 372 g/mol. The van der Waals surface area contributed by atoms with Crippen molar-refractivity contribution in [1.29, 1.82) is 0 Å². The molecule has 3 N–H and O–H groups in total. The molecule has 3 aromatic rings. The monoisotopic (exact) mass is 371 g/mol. The molecule has 0 bridgehead atoms. The molecule has 0 aliphatic heterocycles. The molecule has 26 heavy (non-hydrogen) atoms. The Morgan fingerprint density at radius 1 is 1.00 bits per heavy atom. The highest BCUT2D eigenvalue weighted by atomic mass is 35.5. The number of amides is 1. The highest BCUT2D eigenvalue weighted by Crippen LogP contribution is 2.17. The summed E-state index contributed by atoms with van der Waals surface area (Å²) in [6, 6.07) is 15.1. The van der Waals surface area contributed by atoms with Crippen LogP contribution in [0.1, 0.15) is 47.6 Å². The fourth-order valence-corrected chi connectivity index (χ4v) is 2.50. The maximum Gasteiger partial charge on any atom is 0.291 e. The normalized spacial score (nSPS) is 11.8. The molecule has 0 aliphatic carbocycles. The van der Waals surface area contributed by atoms with Gasteiger partial charge in [0.15, 0.2) is 0 Å². The molecule has 0 saturated heterocycles. The Bertz CT molecular complexity index is 882. The maximum absolute atomic E-state index is 12.2. The lowest BCUT2D eigenvalue weighted by atomic mass is 9.99. The molecular weight excluding hydrogens is 350 g/mol. The van der Waals surface area contributed by atoms with Crippen LogP contribution in [0.4, 0.5) is 0 Å². The van der Waals surface area contributed by atoms with Crippen LogP contribution >= 0.6 is 12.4 Å². The Hall–Kier alpha value is -2.57. The van der Waals surface area contributed by atoms with E-state index in [2.05, 4.69) is 46.5 Å². The van der Waals surface area contributed by atoms with Crippen molar-refractivity contribution < 1.29 is 4.79 Å². The minimum absolute atomic E-state index is 0. The van der Waals surface area contributed by atoms with Gasteiger partial charge in [-0.1, -0.05) is 50.2 Å². The van der Waals surface area contributed by atoms with Gasteiger partial charge in [0.1, 0.15) is 5.52 Å². The van der Waals surface area contributed by atoms with E-state index in [1.54, 1.807) is 12.1 Å². The van der Waals surface area contributed by atoms with Gasteiger partial charge in [0.25, 0.3) is 5.91 Å². The molecule has 1 aromatic heterocycles. The van der Waals surface area contributed by atoms with E-state index in [-0.39, 0.29) is 30.2 Å². The Kier molecular flexibility index (Phi) is 6.60. The summed E-state index contributed by atoms with van der Waals surface area (Å²) in [4.78, 5) is 16.5. The van der Waals surface area contributed by atoms with E-state index in [4.69, 9.17) is 5.73 Å². The van der Waals surface area contributed by atoms with Gasteiger partial charge in [0.05, 0.1) is 5.52 Å². The first-order valence-corrected chi connectivity index (χ1v) is 8.27. The lowest BCUT2D eigenvalue weighted by Crippen LogP contribution is -2.33. The van der Waals surface area contributed by atoms with Crippen molar-refractivity contribution in [3.05, 3.63) is 65.5 Å². The molecule has 0 saturated carbocycles. The second kappa shape index (κ2) is 8.69. The summed E-state index contributed by atoms with van der Waals surface area (Å²) in [5, 5.41) is 10.7. The second-order valence-electron chi connectivity index (χ2n) is 6.26. The Balaban J connectivity index is 0.00000243. The van der Waals surface area contributed by atoms with Crippen LogP contribution in [0.5, 0.6) is 0 Å². The second-order valence-corrected chi connectivity index (χ2v) is 6.26. The number of carbonyl (C=O) groups is 1. The van der Waals surface area contributed by atoms with E-state index in [1.165, 1.54) is 5.56 Å². The number of halogens is 1. The van der Waals surface area contributed by atoms with E-state index in [1.807, 2.05) is 24.3 Å². The van der Waals surface area contributed by atoms with Crippen molar-refractivity contribution >= 4 is 29.3 Å². The van der Waals surface area contributed by atoms with Gasteiger partial charge in [0.2, 0.25) is 5.82 Å². The number of para-hydroxylation sites is 1. The highest BCUT2D eigenvalue weighted by Gasteiger charge is 2.13. The van der Waals surface area contributed by atoms with E-state index >= 15 is 0 Å². The summed E-state index contributed by atoms with van der Waals surface area (Å²) >= 11 is 0. The van der Waals surface area contributed by atoms with Gasteiger partial charge >= 0.3 is 0 Å². The Morgan fingerprint density at radius 3 is 2.27 bits per heavy atom. The third-order valence-corrected chi connectivity index (χ3v) is 4.08. The SMILES string of the molecule is CC(C)c1ccc(C(N)CNC(=O)c2nnc3ccccc3n2)cc1.Cl. The standard InChI is InChI=1S/C19H21N5O.ClH/c1-12(2)13-7-9-14(10-8-13)15(20)11-21-19(25)18-22-16-5-3-4-6-17(16)23-24-18;/h3-10,12,15H,11,20H2,1-2H3,(H,21,25);1H. The predicted molar refractivity (Wildman–Crippen MR) is 104 cm³/mol. The summed E-state index contributed by atoms with van der Waals surface area (Å²) in [5.74, 6) is 0.135. The molecule has 2 aromatic carbocycles. The van der Waals surface area contributed by atoms with Crippen molar-refractivity contribution in [2.75, 3.05) is 6.54 Å². The summed E-state index contributed by atoms with van der Waals surface area (Å²) in [6.45, 7) is 4.59.